The van der Waals surface area contributed by atoms with E-state index in [1.54, 1.807) is 11.2 Å². The molecule has 148 valence electrons. The third kappa shape index (κ3) is 4.56. The molecular formula is C20H25N5O2S. The minimum atomic E-state index is 0.0480. The fourth-order valence-corrected chi connectivity index (χ4v) is 3.71. The molecule has 0 bridgehead atoms. The molecule has 0 unspecified atom stereocenters. The number of rotatable bonds is 8. The Bertz CT molecular complexity index is 903. The zero-order valence-corrected chi connectivity index (χ0v) is 17.4. The summed E-state index contributed by atoms with van der Waals surface area (Å²) in [5, 5.41) is 9.15. The van der Waals surface area contributed by atoms with Gasteiger partial charge in [-0.25, -0.2) is 0 Å². The summed E-state index contributed by atoms with van der Waals surface area (Å²) in [6, 6.07) is 11.9. The van der Waals surface area contributed by atoms with Crippen molar-refractivity contribution in [2.24, 2.45) is 0 Å². The number of thioether (sulfide) groups is 1. The van der Waals surface area contributed by atoms with Crippen LogP contribution in [0, 0.1) is 0 Å². The molecule has 3 aromatic rings. The Kier molecular flexibility index (Phi) is 6.41. The number of carbonyl (C=O) groups excluding carboxylic acids is 1. The van der Waals surface area contributed by atoms with Gasteiger partial charge in [-0.3, -0.25) is 9.36 Å². The van der Waals surface area contributed by atoms with Gasteiger partial charge in [0.05, 0.1) is 12.0 Å². The van der Waals surface area contributed by atoms with E-state index in [0.717, 1.165) is 11.3 Å². The number of carbonyl (C=O) groups is 1. The SMILES string of the molecule is CCn1c(SCC(=O)N(C)Cc2ccc(N(C)C)cc2)nnc1-c1ccco1. The molecule has 3 rings (SSSR count). The minimum Gasteiger partial charge on any atom is -0.461 e. The summed E-state index contributed by atoms with van der Waals surface area (Å²) in [4.78, 5) is 16.3. The number of hydrogen-bond acceptors (Lipinski definition) is 6. The first-order valence-electron chi connectivity index (χ1n) is 9.09. The first-order chi connectivity index (χ1) is 13.5. The van der Waals surface area contributed by atoms with Crippen LogP contribution in [-0.4, -0.2) is 52.5 Å². The number of anilines is 1. The fraction of sp³-hybridized carbons (Fsp3) is 0.350. The first kappa shape index (κ1) is 20.0. The maximum atomic E-state index is 12.6. The van der Waals surface area contributed by atoms with Gasteiger partial charge in [-0.15, -0.1) is 10.2 Å². The first-order valence-corrected chi connectivity index (χ1v) is 10.1. The summed E-state index contributed by atoms with van der Waals surface area (Å²) < 4.78 is 7.37. The van der Waals surface area contributed by atoms with Gasteiger partial charge in [0.15, 0.2) is 16.7 Å². The van der Waals surface area contributed by atoms with Crippen molar-refractivity contribution in [1.29, 1.82) is 0 Å². The van der Waals surface area contributed by atoms with Crippen LogP contribution >= 0.6 is 11.8 Å². The molecule has 1 aromatic carbocycles. The van der Waals surface area contributed by atoms with Crippen molar-refractivity contribution >= 4 is 23.4 Å². The molecule has 1 amide bonds. The van der Waals surface area contributed by atoms with Crippen molar-refractivity contribution in [3.05, 3.63) is 48.2 Å². The van der Waals surface area contributed by atoms with Crippen molar-refractivity contribution in [2.75, 3.05) is 31.8 Å². The zero-order valence-electron chi connectivity index (χ0n) is 16.6. The van der Waals surface area contributed by atoms with Gasteiger partial charge in [-0.1, -0.05) is 23.9 Å². The van der Waals surface area contributed by atoms with E-state index in [1.807, 2.05) is 44.8 Å². The van der Waals surface area contributed by atoms with Crippen LogP contribution in [0.3, 0.4) is 0 Å². The van der Waals surface area contributed by atoms with Gasteiger partial charge in [-0.05, 0) is 36.8 Å². The van der Waals surface area contributed by atoms with Crippen molar-refractivity contribution in [2.45, 2.75) is 25.2 Å². The maximum Gasteiger partial charge on any atom is 0.233 e. The summed E-state index contributed by atoms with van der Waals surface area (Å²) in [6.07, 6.45) is 1.61. The average molecular weight is 400 g/mol. The zero-order chi connectivity index (χ0) is 20.1. The third-order valence-corrected chi connectivity index (χ3v) is 5.35. The third-order valence-electron chi connectivity index (χ3n) is 4.40. The molecule has 2 aromatic heterocycles. The van der Waals surface area contributed by atoms with Crippen LogP contribution < -0.4 is 4.90 Å². The molecular weight excluding hydrogens is 374 g/mol. The highest BCUT2D eigenvalue weighted by atomic mass is 32.2. The number of hydrogen-bond donors (Lipinski definition) is 0. The second-order valence-electron chi connectivity index (χ2n) is 6.63. The predicted molar refractivity (Wildman–Crippen MR) is 111 cm³/mol. The molecule has 0 aliphatic rings. The quantitative estimate of drug-likeness (QED) is 0.541. The monoisotopic (exact) mass is 399 g/mol. The van der Waals surface area contributed by atoms with Crippen LogP contribution in [0.25, 0.3) is 11.6 Å². The Balaban J connectivity index is 1.59. The van der Waals surface area contributed by atoms with E-state index in [4.69, 9.17) is 4.42 Å². The highest BCUT2D eigenvalue weighted by molar-refractivity contribution is 7.99. The van der Waals surface area contributed by atoms with Crippen molar-refractivity contribution < 1.29 is 9.21 Å². The molecule has 0 saturated carbocycles. The normalized spacial score (nSPS) is 10.9. The smallest absolute Gasteiger partial charge is 0.233 e. The second-order valence-corrected chi connectivity index (χ2v) is 7.57. The average Bonchev–Trinajstić information content (AvgIpc) is 3.35. The lowest BCUT2D eigenvalue weighted by Crippen LogP contribution is -2.28. The van der Waals surface area contributed by atoms with Crippen molar-refractivity contribution in [1.82, 2.24) is 19.7 Å². The van der Waals surface area contributed by atoms with Crippen LogP contribution in [0.2, 0.25) is 0 Å². The minimum absolute atomic E-state index is 0.0480. The lowest BCUT2D eigenvalue weighted by Gasteiger charge is -2.18. The molecule has 28 heavy (non-hydrogen) atoms. The van der Waals surface area contributed by atoms with Gasteiger partial charge in [-0.2, -0.15) is 0 Å². The fourth-order valence-electron chi connectivity index (χ4n) is 2.77. The number of amides is 1. The number of furan rings is 1. The molecule has 0 aliphatic heterocycles. The number of benzene rings is 1. The molecule has 0 fully saturated rings. The van der Waals surface area contributed by atoms with E-state index < -0.39 is 0 Å². The van der Waals surface area contributed by atoms with E-state index >= 15 is 0 Å². The standard InChI is InChI=1S/C20H25N5O2S/c1-5-25-19(17-7-6-12-27-17)21-22-20(25)28-14-18(26)24(4)13-15-8-10-16(11-9-15)23(2)3/h6-12H,5,13-14H2,1-4H3. The second kappa shape index (κ2) is 8.97. The molecule has 0 N–H and O–H groups in total. The van der Waals surface area contributed by atoms with E-state index in [9.17, 15) is 4.79 Å². The van der Waals surface area contributed by atoms with E-state index in [2.05, 4.69) is 39.4 Å². The van der Waals surface area contributed by atoms with Gasteiger partial charge < -0.3 is 14.2 Å². The molecule has 0 atom stereocenters. The van der Waals surface area contributed by atoms with E-state index in [1.165, 1.54) is 11.8 Å². The largest absolute Gasteiger partial charge is 0.461 e. The molecule has 2 heterocycles. The maximum absolute atomic E-state index is 12.6. The van der Waals surface area contributed by atoms with Gasteiger partial charge in [0.25, 0.3) is 0 Å². The van der Waals surface area contributed by atoms with Crippen LogP contribution in [-0.2, 0) is 17.9 Å². The molecule has 7 nitrogen and oxygen atoms in total. The number of aromatic nitrogens is 3. The summed E-state index contributed by atoms with van der Waals surface area (Å²) in [7, 11) is 5.84. The Hall–Kier alpha value is -2.74. The predicted octanol–water partition coefficient (Wildman–Crippen LogP) is 3.37. The van der Waals surface area contributed by atoms with Crippen LogP contribution in [0.1, 0.15) is 12.5 Å². The van der Waals surface area contributed by atoms with Crippen LogP contribution in [0.4, 0.5) is 5.69 Å². The van der Waals surface area contributed by atoms with E-state index in [0.29, 0.717) is 35.6 Å². The Labute approximate surface area is 169 Å². The summed E-state index contributed by atoms with van der Waals surface area (Å²) in [6.45, 7) is 3.30. The molecule has 0 radical (unpaired) electrons. The highest BCUT2D eigenvalue weighted by Gasteiger charge is 2.17. The molecule has 0 saturated heterocycles. The molecule has 0 spiro atoms. The Morgan fingerprint density at radius 2 is 1.89 bits per heavy atom. The van der Waals surface area contributed by atoms with Crippen LogP contribution in [0.15, 0.2) is 52.2 Å². The molecule has 0 aliphatic carbocycles. The lowest BCUT2D eigenvalue weighted by atomic mass is 10.2. The highest BCUT2D eigenvalue weighted by Crippen LogP contribution is 2.24. The van der Waals surface area contributed by atoms with Crippen molar-refractivity contribution in [3.8, 4) is 11.6 Å². The van der Waals surface area contributed by atoms with Gasteiger partial charge >= 0.3 is 0 Å². The summed E-state index contributed by atoms with van der Waals surface area (Å²) >= 11 is 1.39. The van der Waals surface area contributed by atoms with E-state index in [-0.39, 0.29) is 5.91 Å². The van der Waals surface area contributed by atoms with Crippen LogP contribution in [0.5, 0.6) is 0 Å². The lowest BCUT2D eigenvalue weighted by molar-refractivity contribution is -0.127. The van der Waals surface area contributed by atoms with Gasteiger partial charge in [0.1, 0.15) is 0 Å². The summed E-state index contributed by atoms with van der Waals surface area (Å²) in [5.41, 5.74) is 2.24. The topological polar surface area (TPSA) is 67.4 Å². The Morgan fingerprint density at radius 3 is 2.50 bits per heavy atom. The number of nitrogens with zero attached hydrogens (tertiary/aromatic N) is 5. The van der Waals surface area contributed by atoms with Gasteiger partial charge in [0, 0.05) is 39.9 Å². The molecule has 8 heteroatoms. The summed E-state index contributed by atoms with van der Waals surface area (Å²) in [5.74, 6) is 1.71. The van der Waals surface area contributed by atoms with Gasteiger partial charge in [0.2, 0.25) is 5.91 Å². The van der Waals surface area contributed by atoms with Crippen molar-refractivity contribution in [3.63, 3.8) is 0 Å². The Morgan fingerprint density at radius 1 is 1.14 bits per heavy atom.